The molecule has 2 unspecified atom stereocenters. The van der Waals surface area contributed by atoms with Crippen LogP contribution >= 0.6 is 0 Å². The summed E-state index contributed by atoms with van der Waals surface area (Å²) in [6, 6.07) is 4.15. The van der Waals surface area contributed by atoms with Crippen molar-refractivity contribution < 1.29 is 9.52 Å². The smallest absolute Gasteiger partial charge is 0.133 e. The van der Waals surface area contributed by atoms with Gasteiger partial charge in [-0.25, -0.2) is 0 Å². The Hall–Kier alpha value is -0.800. The van der Waals surface area contributed by atoms with Gasteiger partial charge < -0.3 is 14.8 Å². The van der Waals surface area contributed by atoms with Gasteiger partial charge in [-0.15, -0.1) is 0 Å². The summed E-state index contributed by atoms with van der Waals surface area (Å²) in [6.07, 6.45) is 0.517. The SMILES string of the molecule is CCC(NCC(O)c1ccc(C)o1)C(C)C. The van der Waals surface area contributed by atoms with Gasteiger partial charge in [0.25, 0.3) is 0 Å². The molecule has 0 radical (unpaired) electrons. The maximum atomic E-state index is 9.90. The van der Waals surface area contributed by atoms with Crippen molar-refractivity contribution >= 4 is 0 Å². The third-order valence-electron chi connectivity index (χ3n) is 2.91. The molecule has 0 aromatic carbocycles. The quantitative estimate of drug-likeness (QED) is 0.782. The molecule has 1 rings (SSSR count). The van der Waals surface area contributed by atoms with Gasteiger partial charge in [-0.05, 0) is 31.4 Å². The van der Waals surface area contributed by atoms with Crippen LogP contribution in [0, 0.1) is 12.8 Å². The molecular weight excluding hydrogens is 202 g/mol. The normalized spacial score (nSPS) is 15.4. The summed E-state index contributed by atoms with van der Waals surface area (Å²) in [7, 11) is 0. The van der Waals surface area contributed by atoms with Crippen LogP contribution in [-0.4, -0.2) is 17.7 Å². The van der Waals surface area contributed by atoms with Crippen LogP contribution in [0.3, 0.4) is 0 Å². The summed E-state index contributed by atoms with van der Waals surface area (Å²) in [6.45, 7) is 8.95. The molecule has 0 spiro atoms. The Bertz CT molecular complexity index is 307. The highest BCUT2D eigenvalue weighted by Gasteiger charge is 2.15. The van der Waals surface area contributed by atoms with Crippen molar-refractivity contribution in [2.24, 2.45) is 5.92 Å². The summed E-state index contributed by atoms with van der Waals surface area (Å²) in [5.74, 6) is 2.06. The first-order valence-corrected chi connectivity index (χ1v) is 6.02. The monoisotopic (exact) mass is 225 g/mol. The van der Waals surface area contributed by atoms with Crippen LogP contribution in [0.5, 0.6) is 0 Å². The van der Waals surface area contributed by atoms with Gasteiger partial charge in [0.15, 0.2) is 0 Å². The van der Waals surface area contributed by atoms with Gasteiger partial charge in [0.1, 0.15) is 17.6 Å². The van der Waals surface area contributed by atoms with Crippen molar-refractivity contribution in [3.63, 3.8) is 0 Å². The van der Waals surface area contributed by atoms with E-state index in [1.807, 2.05) is 19.1 Å². The van der Waals surface area contributed by atoms with Crippen molar-refractivity contribution in [2.75, 3.05) is 6.54 Å². The summed E-state index contributed by atoms with van der Waals surface area (Å²) in [4.78, 5) is 0. The van der Waals surface area contributed by atoms with E-state index in [2.05, 4.69) is 26.1 Å². The third kappa shape index (κ3) is 3.65. The molecule has 0 amide bonds. The molecule has 2 atom stereocenters. The van der Waals surface area contributed by atoms with Crippen LogP contribution in [0.25, 0.3) is 0 Å². The molecule has 3 nitrogen and oxygen atoms in total. The lowest BCUT2D eigenvalue weighted by molar-refractivity contribution is 0.138. The minimum Gasteiger partial charge on any atom is -0.464 e. The number of aliphatic hydroxyl groups is 1. The molecule has 2 N–H and O–H groups in total. The van der Waals surface area contributed by atoms with E-state index < -0.39 is 6.10 Å². The molecule has 1 aromatic heterocycles. The van der Waals surface area contributed by atoms with E-state index in [0.717, 1.165) is 12.2 Å². The van der Waals surface area contributed by atoms with Crippen LogP contribution < -0.4 is 5.32 Å². The second-order valence-corrected chi connectivity index (χ2v) is 4.63. The Morgan fingerprint density at radius 3 is 2.50 bits per heavy atom. The number of hydrogen-bond acceptors (Lipinski definition) is 3. The van der Waals surface area contributed by atoms with Gasteiger partial charge >= 0.3 is 0 Å². The Morgan fingerprint density at radius 1 is 1.38 bits per heavy atom. The zero-order valence-corrected chi connectivity index (χ0v) is 10.7. The molecule has 1 heterocycles. The first kappa shape index (κ1) is 13.3. The molecule has 0 saturated heterocycles. The van der Waals surface area contributed by atoms with E-state index >= 15 is 0 Å². The van der Waals surface area contributed by atoms with Crippen LogP contribution in [0.1, 0.15) is 44.8 Å². The van der Waals surface area contributed by atoms with Gasteiger partial charge in [-0.2, -0.15) is 0 Å². The van der Waals surface area contributed by atoms with Gasteiger partial charge in [-0.3, -0.25) is 0 Å². The number of hydrogen-bond donors (Lipinski definition) is 2. The molecular formula is C13H23NO2. The highest BCUT2D eigenvalue weighted by Crippen LogP contribution is 2.16. The van der Waals surface area contributed by atoms with Crippen molar-refractivity contribution in [1.29, 1.82) is 0 Å². The molecule has 0 aliphatic rings. The molecule has 92 valence electrons. The fourth-order valence-corrected chi connectivity index (χ4v) is 1.85. The molecule has 0 bridgehead atoms. The zero-order chi connectivity index (χ0) is 12.1. The second-order valence-electron chi connectivity index (χ2n) is 4.63. The Balaban J connectivity index is 2.43. The predicted molar refractivity (Wildman–Crippen MR) is 65.3 cm³/mol. The predicted octanol–water partition coefficient (Wildman–Crippen LogP) is 2.65. The van der Waals surface area contributed by atoms with E-state index in [0.29, 0.717) is 24.3 Å². The number of aryl methyl sites for hydroxylation is 1. The minimum absolute atomic E-state index is 0.450. The van der Waals surface area contributed by atoms with E-state index in [1.165, 1.54) is 0 Å². The Morgan fingerprint density at radius 2 is 2.06 bits per heavy atom. The lowest BCUT2D eigenvalue weighted by Gasteiger charge is -2.22. The third-order valence-corrected chi connectivity index (χ3v) is 2.91. The van der Waals surface area contributed by atoms with Gasteiger partial charge in [0.05, 0.1) is 0 Å². The lowest BCUT2D eigenvalue weighted by atomic mass is 10.0. The fourth-order valence-electron chi connectivity index (χ4n) is 1.85. The molecule has 0 aliphatic carbocycles. The van der Waals surface area contributed by atoms with Gasteiger partial charge in [0, 0.05) is 12.6 Å². The molecule has 1 aromatic rings. The maximum absolute atomic E-state index is 9.90. The van der Waals surface area contributed by atoms with E-state index in [9.17, 15) is 5.11 Å². The lowest BCUT2D eigenvalue weighted by Crippen LogP contribution is -2.36. The summed E-state index contributed by atoms with van der Waals surface area (Å²) >= 11 is 0. The minimum atomic E-state index is -0.554. The summed E-state index contributed by atoms with van der Waals surface area (Å²) < 4.78 is 5.38. The van der Waals surface area contributed by atoms with E-state index in [1.54, 1.807) is 0 Å². The average molecular weight is 225 g/mol. The molecule has 0 aliphatic heterocycles. The summed E-state index contributed by atoms with van der Waals surface area (Å²) in [5.41, 5.74) is 0. The average Bonchev–Trinajstić information content (AvgIpc) is 2.65. The molecule has 0 fully saturated rings. The van der Waals surface area contributed by atoms with Crippen LogP contribution in [0.15, 0.2) is 16.5 Å². The highest BCUT2D eigenvalue weighted by atomic mass is 16.4. The second kappa shape index (κ2) is 6.06. The topological polar surface area (TPSA) is 45.4 Å². The van der Waals surface area contributed by atoms with Crippen LogP contribution in [0.4, 0.5) is 0 Å². The van der Waals surface area contributed by atoms with Crippen LogP contribution in [0.2, 0.25) is 0 Å². The van der Waals surface area contributed by atoms with Gasteiger partial charge in [-0.1, -0.05) is 20.8 Å². The molecule has 16 heavy (non-hydrogen) atoms. The number of rotatable bonds is 6. The fraction of sp³-hybridized carbons (Fsp3) is 0.692. The van der Waals surface area contributed by atoms with E-state index in [-0.39, 0.29) is 0 Å². The number of aliphatic hydroxyl groups excluding tert-OH is 1. The molecule has 0 saturated carbocycles. The largest absolute Gasteiger partial charge is 0.464 e. The first-order valence-electron chi connectivity index (χ1n) is 6.02. The number of furan rings is 1. The van der Waals surface area contributed by atoms with Crippen molar-refractivity contribution in [3.05, 3.63) is 23.7 Å². The maximum Gasteiger partial charge on any atom is 0.133 e. The Kier molecular flexibility index (Phi) is 5.03. The van der Waals surface area contributed by atoms with Gasteiger partial charge in [0.2, 0.25) is 0 Å². The zero-order valence-electron chi connectivity index (χ0n) is 10.7. The van der Waals surface area contributed by atoms with E-state index in [4.69, 9.17) is 4.42 Å². The van der Waals surface area contributed by atoms with Crippen molar-refractivity contribution in [1.82, 2.24) is 5.32 Å². The first-order chi connectivity index (χ1) is 7.54. The standard InChI is InChI=1S/C13H23NO2/c1-5-11(9(2)3)14-8-12(15)13-7-6-10(4)16-13/h6-7,9,11-12,14-15H,5,8H2,1-4H3. The Labute approximate surface area is 97.9 Å². The molecule has 3 heteroatoms. The summed E-state index contributed by atoms with van der Waals surface area (Å²) in [5, 5.41) is 13.3. The van der Waals surface area contributed by atoms with Crippen molar-refractivity contribution in [2.45, 2.75) is 46.3 Å². The number of nitrogens with one attached hydrogen (secondary N) is 1. The highest BCUT2D eigenvalue weighted by molar-refractivity contribution is 5.08. The van der Waals surface area contributed by atoms with Crippen molar-refractivity contribution in [3.8, 4) is 0 Å². The van der Waals surface area contributed by atoms with Crippen LogP contribution in [-0.2, 0) is 0 Å².